The van der Waals surface area contributed by atoms with Gasteiger partial charge in [0.05, 0.1) is 10.9 Å². The molecule has 0 bridgehead atoms. The number of nitrogens with one attached hydrogen (secondary N) is 1. The monoisotopic (exact) mass is 288 g/mol. The Morgan fingerprint density at radius 2 is 2.33 bits per heavy atom. The molecule has 6 heteroatoms. The number of aliphatic hydroxyl groups excluding tert-OH is 1. The number of anilines is 1. The van der Waals surface area contributed by atoms with E-state index in [1.54, 1.807) is 18.3 Å². The van der Waals surface area contributed by atoms with Crippen molar-refractivity contribution in [2.24, 2.45) is 5.92 Å². The summed E-state index contributed by atoms with van der Waals surface area (Å²) in [4.78, 5) is 15.8. The fourth-order valence-corrected chi connectivity index (χ4v) is 2.25. The Kier molecular flexibility index (Phi) is 6.46. The molecule has 1 amide bonds. The van der Waals surface area contributed by atoms with E-state index in [4.69, 9.17) is 16.7 Å². The summed E-state index contributed by atoms with van der Waals surface area (Å²) in [7, 11) is 0. The molecule has 0 aromatic carbocycles. The summed E-state index contributed by atoms with van der Waals surface area (Å²) in [5, 5.41) is 11.7. The van der Waals surface area contributed by atoms with E-state index in [-0.39, 0.29) is 28.8 Å². The summed E-state index contributed by atoms with van der Waals surface area (Å²) in [6, 6.07) is 3.42. The van der Waals surface area contributed by atoms with Gasteiger partial charge < -0.3 is 10.4 Å². The molecule has 0 fully saturated rings. The number of nitrogens with zero attached hydrogens (tertiary/aromatic N) is 1. The van der Waals surface area contributed by atoms with Crippen LogP contribution in [0.25, 0.3) is 0 Å². The number of carbonyl (C=O) groups is 1. The van der Waals surface area contributed by atoms with Crippen molar-refractivity contribution in [3.8, 4) is 0 Å². The van der Waals surface area contributed by atoms with Gasteiger partial charge in [0, 0.05) is 12.8 Å². The van der Waals surface area contributed by atoms with Gasteiger partial charge in [0.15, 0.2) is 5.15 Å². The van der Waals surface area contributed by atoms with Crippen LogP contribution in [0.15, 0.2) is 18.3 Å². The number of aromatic nitrogens is 1. The number of hydrogen-bond donors (Lipinski definition) is 2. The molecule has 1 rings (SSSR count). The van der Waals surface area contributed by atoms with E-state index in [0.29, 0.717) is 5.69 Å². The number of amides is 1. The lowest BCUT2D eigenvalue weighted by Gasteiger charge is -2.14. The van der Waals surface area contributed by atoms with Crippen molar-refractivity contribution in [3.63, 3.8) is 0 Å². The van der Waals surface area contributed by atoms with Crippen molar-refractivity contribution in [2.75, 3.05) is 17.7 Å². The van der Waals surface area contributed by atoms with Crippen LogP contribution in [0.5, 0.6) is 0 Å². The van der Waals surface area contributed by atoms with E-state index < -0.39 is 0 Å². The maximum Gasteiger partial charge on any atom is 0.237 e. The third-order valence-corrected chi connectivity index (χ3v) is 4.11. The molecule has 1 aromatic rings. The Balaban J connectivity index is 2.48. The Morgan fingerprint density at radius 3 is 2.94 bits per heavy atom. The van der Waals surface area contributed by atoms with Gasteiger partial charge in [-0.2, -0.15) is 0 Å². The van der Waals surface area contributed by atoms with Gasteiger partial charge in [0.25, 0.3) is 0 Å². The average molecular weight is 289 g/mol. The number of carbonyl (C=O) groups excluding carboxylic acids is 1. The molecule has 2 N–H and O–H groups in total. The molecule has 1 aromatic heterocycles. The zero-order valence-electron chi connectivity index (χ0n) is 10.4. The van der Waals surface area contributed by atoms with E-state index in [9.17, 15) is 4.79 Å². The van der Waals surface area contributed by atoms with Gasteiger partial charge in [-0.1, -0.05) is 18.5 Å². The van der Waals surface area contributed by atoms with Crippen LogP contribution >= 0.6 is 23.4 Å². The minimum Gasteiger partial charge on any atom is -0.396 e. The fourth-order valence-electron chi connectivity index (χ4n) is 1.15. The molecule has 4 nitrogen and oxygen atoms in total. The summed E-state index contributed by atoms with van der Waals surface area (Å²) in [6.45, 7) is 3.90. The number of rotatable bonds is 6. The SMILES string of the molecule is C[C@H](CO)CS[C@H](C)C(=O)Nc1cccnc1Cl. The van der Waals surface area contributed by atoms with Crippen LogP contribution in [0.1, 0.15) is 13.8 Å². The van der Waals surface area contributed by atoms with Crippen LogP contribution in [0, 0.1) is 5.92 Å². The zero-order chi connectivity index (χ0) is 13.5. The first-order chi connectivity index (χ1) is 8.54. The van der Waals surface area contributed by atoms with Crippen molar-refractivity contribution < 1.29 is 9.90 Å². The van der Waals surface area contributed by atoms with Gasteiger partial charge in [0.1, 0.15) is 0 Å². The second-order valence-corrected chi connectivity index (χ2v) is 5.83. The maximum absolute atomic E-state index is 11.9. The van der Waals surface area contributed by atoms with E-state index in [1.165, 1.54) is 11.8 Å². The third kappa shape index (κ3) is 4.84. The topological polar surface area (TPSA) is 62.2 Å². The number of aliphatic hydroxyl groups is 1. The highest BCUT2D eigenvalue weighted by molar-refractivity contribution is 8.00. The smallest absolute Gasteiger partial charge is 0.237 e. The maximum atomic E-state index is 11.9. The Bertz CT molecular complexity index is 403. The van der Waals surface area contributed by atoms with E-state index in [0.717, 1.165) is 5.75 Å². The van der Waals surface area contributed by atoms with Crippen LogP contribution in [0.4, 0.5) is 5.69 Å². The molecule has 18 heavy (non-hydrogen) atoms. The van der Waals surface area contributed by atoms with Gasteiger partial charge >= 0.3 is 0 Å². The molecule has 0 saturated heterocycles. The lowest BCUT2D eigenvalue weighted by molar-refractivity contribution is -0.115. The molecule has 2 atom stereocenters. The van der Waals surface area contributed by atoms with Crippen molar-refractivity contribution in [3.05, 3.63) is 23.5 Å². The number of halogens is 1. The minimum atomic E-state index is -0.199. The Morgan fingerprint density at radius 1 is 1.61 bits per heavy atom. The summed E-state index contributed by atoms with van der Waals surface area (Å²) >= 11 is 7.36. The largest absolute Gasteiger partial charge is 0.396 e. The molecule has 0 aliphatic carbocycles. The van der Waals surface area contributed by atoms with Gasteiger partial charge in [-0.15, -0.1) is 11.8 Å². The highest BCUT2D eigenvalue weighted by atomic mass is 35.5. The molecular weight excluding hydrogens is 272 g/mol. The molecule has 1 heterocycles. The highest BCUT2D eigenvalue weighted by Gasteiger charge is 2.16. The van der Waals surface area contributed by atoms with Crippen LogP contribution in [0.2, 0.25) is 5.15 Å². The third-order valence-electron chi connectivity index (χ3n) is 2.33. The summed E-state index contributed by atoms with van der Waals surface area (Å²) < 4.78 is 0. The van der Waals surface area contributed by atoms with Gasteiger partial charge in [0.2, 0.25) is 5.91 Å². The Labute approximate surface area is 116 Å². The highest BCUT2D eigenvalue weighted by Crippen LogP contribution is 2.20. The molecular formula is C12H17ClN2O2S. The quantitative estimate of drug-likeness (QED) is 0.789. The van der Waals surface area contributed by atoms with Crippen molar-refractivity contribution >= 4 is 35.0 Å². The van der Waals surface area contributed by atoms with Crippen LogP contribution in [-0.2, 0) is 4.79 Å². The summed E-state index contributed by atoms with van der Waals surface area (Å²) in [5.74, 6) is 0.818. The lowest BCUT2D eigenvalue weighted by atomic mass is 10.2. The average Bonchev–Trinajstić information content (AvgIpc) is 2.38. The normalized spacial score (nSPS) is 14.0. The minimum absolute atomic E-state index is 0.111. The number of hydrogen-bond acceptors (Lipinski definition) is 4. The second kappa shape index (κ2) is 7.61. The Hall–Kier alpha value is -0.780. The number of pyridine rings is 1. The van der Waals surface area contributed by atoms with Gasteiger partial charge in [-0.25, -0.2) is 4.98 Å². The molecule has 0 aliphatic heterocycles. The standard InChI is InChI=1S/C12H17ClN2O2S/c1-8(6-16)7-18-9(2)12(17)15-10-4-3-5-14-11(10)13/h3-5,8-9,16H,6-7H2,1-2H3,(H,15,17)/t8-,9-/m1/s1. The van der Waals surface area contributed by atoms with E-state index >= 15 is 0 Å². The van der Waals surface area contributed by atoms with Crippen LogP contribution in [0.3, 0.4) is 0 Å². The van der Waals surface area contributed by atoms with E-state index in [2.05, 4.69) is 10.3 Å². The van der Waals surface area contributed by atoms with Crippen molar-refractivity contribution in [2.45, 2.75) is 19.1 Å². The lowest BCUT2D eigenvalue weighted by Crippen LogP contribution is -2.24. The molecule has 0 unspecified atom stereocenters. The van der Waals surface area contributed by atoms with Crippen LogP contribution < -0.4 is 5.32 Å². The number of thioether (sulfide) groups is 1. The van der Waals surface area contributed by atoms with Crippen molar-refractivity contribution in [1.82, 2.24) is 4.98 Å². The molecule has 0 aliphatic rings. The molecule has 0 radical (unpaired) electrons. The molecule has 0 spiro atoms. The zero-order valence-corrected chi connectivity index (χ0v) is 12.0. The summed E-state index contributed by atoms with van der Waals surface area (Å²) in [6.07, 6.45) is 1.57. The molecule has 0 saturated carbocycles. The first-order valence-corrected chi connectivity index (χ1v) is 7.11. The first kappa shape index (κ1) is 15.3. The van der Waals surface area contributed by atoms with Crippen molar-refractivity contribution in [1.29, 1.82) is 0 Å². The molecule has 100 valence electrons. The predicted octanol–water partition coefficient (Wildman–Crippen LogP) is 2.42. The summed E-state index contributed by atoms with van der Waals surface area (Å²) in [5.41, 5.74) is 0.520. The van der Waals surface area contributed by atoms with E-state index in [1.807, 2.05) is 13.8 Å². The fraction of sp³-hybridized carbons (Fsp3) is 0.500. The second-order valence-electron chi connectivity index (χ2n) is 4.09. The van der Waals surface area contributed by atoms with Crippen LogP contribution in [-0.4, -0.2) is 33.6 Å². The first-order valence-electron chi connectivity index (χ1n) is 5.68. The predicted molar refractivity (Wildman–Crippen MR) is 76.0 cm³/mol. The van der Waals surface area contributed by atoms with Gasteiger partial charge in [-0.3, -0.25) is 4.79 Å². The van der Waals surface area contributed by atoms with Gasteiger partial charge in [-0.05, 0) is 30.7 Å².